The van der Waals surface area contributed by atoms with Crippen molar-refractivity contribution in [3.05, 3.63) is 33.9 Å². The van der Waals surface area contributed by atoms with Crippen LogP contribution < -0.4 is 10.5 Å². The zero-order chi connectivity index (χ0) is 15.6. The summed E-state index contributed by atoms with van der Waals surface area (Å²) in [5.41, 5.74) is 7.75. The van der Waals surface area contributed by atoms with Gasteiger partial charge in [-0.05, 0) is 18.4 Å². The van der Waals surface area contributed by atoms with Crippen molar-refractivity contribution in [1.29, 1.82) is 0 Å². The van der Waals surface area contributed by atoms with Crippen molar-refractivity contribution in [3.8, 4) is 17.0 Å². The fraction of sp³-hybridized carbons (Fsp3) is 0.357. The van der Waals surface area contributed by atoms with Gasteiger partial charge in [-0.25, -0.2) is 0 Å². The molecule has 1 heterocycles. The Hall–Kier alpha value is -2.57. The lowest BCUT2D eigenvalue weighted by molar-refractivity contribution is -0.384. The molecule has 2 aromatic rings. The molecule has 2 rings (SSSR count). The second-order valence-electron chi connectivity index (χ2n) is 5.11. The molecule has 2 N–H and O–H groups in total. The second-order valence-corrected chi connectivity index (χ2v) is 5.11. The lowest BCUT2D eigenvalue weighted by atomic mass is 9.98. The van der Waals surface area contributed by atoms with Crippen molar-refractivity contribution in [1.82, 2.24) is 5.16 Å². The highest BCUT2D eigenvalue weighted by Gasteiger charge is 2.21. The predicted molar refractivity (Wildman–Crippen MR) is 78.1 cm³/mol. The molecule has 0 saturated heterocycles. The fourth-order valence-electron chi connectivity index (χ4n) is 2.13. The minimum Gasteiger partial charge on any atom is -0.496 e. The zero-order valence-electron chi connectivity index (χ0n) is 12.1. The first-order chi connectivity index (χ1) is 9.93. The molecule has 7 nitrogen and oxygen atoms in total. The Bertz CT molecular complexity index is 664. The summed E-state index contributed by atoms with van der Waals surface area (Å²) in [5, 5.41) is 14.8. The standard InChI is InChI=1S/C14H17N3O4/c1-8(2)6-11-13(16-21-14(11)15)10-5-4-9(17(18)19)7-12(10)20-3/h4-5,7-8H,6,15H2,1-3H3. The number of hydrogen-bond donors (Lipinski definition) is 1. The summed E-state index contributed by atoms with van der Waals surface area (Å²) in [7, 11) is 1.45. The summed E-state index contributed by atoms with van der Waals surface area (Å²) in [5.74, 6) is 0.996. The van der Waals surface area contributed by atoms with E-state index in [1.165, 1.54) is 19.2 Å². The van der Waals surface area contributed by atoms with Gasteiger partial charge in [0.15, 0.2) is 0 Å². The SMILES string of the molecule is COc1cc([N+](=O)[O-])ccc1-c1noc(N)c1CC(C)C. The van der Waals surface area contributed by atoms with Gasteiger partial charge >= 0.3 is 0 Å². The van der Waals surface area contributed by atoms with Crippen LogP contribution in [0.4, 0.5) is 11.6 Å². The third-order valence-electron chi connectivity index (χ3n) is 3.08. The van der Waals surface area contributed by atoms with E-state index in [0.717, 1.165) is 5.56 Å². The Morgan fingerprint density at radius 3 is 2.76 bits per heavy atom. The maximum Gasteiger partial charge on any atom is 0.273 e. The largest absolute Gasteiger partial charge is 0.496 e. The molecule has 112 valence electrons. The van der Waals surface area contributed by atoms with Crippen molar-refractivity contribution in [3.63, 3.8) is 0 Å². The monoisotopic (exact) mass is 291 g/mol. The summed E-state index contributed by atoms with van der Waals surface area (Å²) in [4.78, 5) is 10.4. The number of anilines is 1. The van der Waals surface area contributed by atoms with Gasteiger partial charge < -0.3 is 15.0 Å². The lowest BCUT2D eigenvalue weighted by Gasteiger charge is -2.09. The van der Waals surface area contributed by atoms with Gasteiger partial charge in [-0.3, -0.25) is 10.1 Å². The molecule has 0 radical (unpaired) electrons. The Balaban J connectivity index is 2.54. The van der Waals surface area contributed by atoms with Gasteiger partial charge in [-0.2, -0.15) is 0 Å². The third kappa shape index (κ3) is 2.96. The predicted octanol–water partition coefficient (Wildman–Crippen LogP) is 3.04. The summed E-state index contributed by atoms with van der Waals surface area (Å²) in [6.45, 7) is 4.12. The van der Waals surface area contributed by atoms with Crippen LogP contribution in [0.3, 0.4) is 0 Å². The Morgan fingerprint density at radius 2 is 2.19 bits per heavy atom. The molecule has 0 saturated carbocycles. The highest BCUT2D eigenvalue weighted by molar-refractivity contribution is 5.74. The number of nitro groups is 1. The summed E-state index contributed by atoms with van der Waals surface area (Å²) < 4.78 is 10.3. The molecule has 0 unspecified atom stereocenters. The van der Waals surface area contributed by atoms with Crippen LogP contribution in [0, 0.1) is 16.0 Å². The molecular formula is C14H17N3O4. The van der Waals surface area contributed by atoms with Crippen LogP contribution >= 0.6 is 0 Å². The van der Waals surface area contributed by atoms with Crippen LogP contribution in [0.2, 0.25) is 0 Å². The van der Waals surface area contributed by atoms with E-state index in [-0.39, 0.29) is 11.6 Å². The third-order valence-corrected chi connectivity index (χ3v) is 3.08. The number of benzene rings is 1. The van der Waals surface area contributed by atoms with Gasteiger partial charge in [-0.15, -0.1) is 0 Å². The van der Waals surface area contributed by atoms with E-state index in [0.29, 0.717) is 29.3 Å². The normalized spacial score (nSPS) is 10.9. The number of nitrogens with zero attached hydrogens (tertiary/aromatic N) is 2. The van der Waals surface area contributed by atoms with E-state index in [1.807, 2.05) is 0 Å². The average molecular weight is 291 g/mol. The molecule has 0 spiro atoms. The number of nitrogens with two attached hydrogens (primary N) is 1. The van der Waals surface area contributed by atoms with Crippen molar-refractivity contribution in [2.24, 2.45) is 5.92 Å². The first-order valence-corrected chi connectivity index (χ1v) is 6.50. The topological polar surface area (TPSA) is 104 Å². The number of hydrogen-bond acceptors (Lipinski definition) is 6. The molecule has 0 aliphatic heterocycles. The van der Waals surface area contributed by atoms with Gasteiger partial charge in [0.1, 0.15) is 11.4 Å². The minimum absolute atomic E-state index is 0.0440. The first-order valence-electron chi connectivity index (χ1n) is 6.50. The molecule has 0 atom stereocenters. The Labute approximate surface area is 121 Å². The molecule has 0 aliphatic carbocycles. The molecule has 1 aromatic carbocycles. The van der Waals surface area contributed by atoms with Crippen LogP contribution in [0.5, 0.6) is 5.75 Å². The van der Waals surface area contributed by atoms with Crippen LogP contribution in [-0.4, -0.2) is 17.2 Å². The quantitative estimate of drug-likeness (QED) is 0.670. The Kier molecular flexibility index (Phi) is 4.11. The van der Waals surface area contributed by atoms with Crippen LogP contribution in [0.25, 0.3) is 11.3 Å². The van der Waals surface area contributed by atoms with Crippen molar-refractivity contribution in [2.45, 2.75) is 20.3 Å². The number of aromatic nitrogens is 1. The number of methoxy groups -OCH3 is 1. The Morgan fingerprint density at radius 1 is 1.48 bits per heavy atom. The molecule has 0 fully saturated rings. The molecule has 0 bridgehead atoms. The molecule has 7 heteroatoms. The van der Waals surface area contributed by atoms with E-state index in [2.05, 4.69) is 19.0 Å². The molecular weight excluding hydrogens is 274 g/mol. The molecule has 0 amide bonds. The van der Waals surface area contributed by atoms with Crippen molar-refractivity contribution >= 4 is 11.6 Å². The van der Waals surface area contributed by atoms with Gasteiger partial charge in [0.05, 0.1) is 18.1 Å². The maximum absolute atomic E-state index is 10.8. The summed E-state index contributed by atoms with van der Waals surface area (Å²) in [6, 6.07) is 4.36. The maximum atomic E-state index is 10.8. The first kappa shape index (κ1) is 14.8. The number of ether oxygens (including phenoxy) is 1. The molecule has 1 aromatic heterocycles. The number of nitro benzene ring substituents is 1. The van der Waals surface area contributed by atoms with Crippen LogP contribution in [0.15, 0.2) is 22.7 Å². The van der Waals surface area contributed by atoms with Crippen LogP contribution in [-0.2, 0) is 6.42 Å². The second kappa shape index (κ2) is 5.82. The smallest absolute Gasteiger partial charge is 0.273 e. The number of non-ortho nitro benzene ring substituents is 1. The van der Waals surface area contributed by atoms with Crippen LogP contribution in [0.1, 0.15) is 19.4 Å². The lowest BCUT2D eigenvalue weighted by Crippen LogP contribution is -2.00. The van der Waals surface area contributed by atoms with E-state index in [1.54, 1.807) is 6.07 Å². The molecule has 21 heavy (non-hydrogen) atoms. The highest BCUT2D eigenvalue weighted by Crippen LogP contribution is 2.37. The van der Waals surface area contributed by atoms with Crippen molar-refractivity contribution < 1.29 is 14.2 Å². The van der Waals surface area contributed by atoms with Crippen molar-refractivity contribution in [2.75, 3.05) is 12.8 Å². The van der Waals surface area contributed by atoms with Gasteiger partial charge in [0.2, 0.25) is 5.88 Å². The van der Waals surface area contributed by atoms with E-state index in [9.17, 15) is 10.1 Å². The highest BCUT2D eigenvalue weighted by atomic mass is 16.6. The minimum atomic E-state index is -0.474. The van der Waals surface area contributed by atoms with Gasteiger partial charge in [-0.1, -0.05) is 19.0 Å². The van der Waals surface area contributed by atoms with Gasteiger partial charge in [0.25, 0.3) is 5.69 Å². The molecule has 0 aliphatic rings. The van der Waals surface area contributed by atoms with Gasteiger partial charge in [0, 0.05) is 17.2 Å². The average Bonchev–Trinajstić information content (AvgIpc) is 2.78. The zero-order valence-corrected chi connectivity index (χ0v) is 12.1. The van der Waals surface area contributed by atoms with E-state index >= 15 is 0 Å². The van der Waals surface area contributed by atoms with E-state index in [4.69, 9.17) is 15.0 Å². The number of nitrogen functional groups attached to an aromatic ring is 1. The summed E-state index contributed by atoms with van der Waals surface area (Å²) in [6.07, 6.45) is 0.699. The fourth-order valence-corrected chi connectivity index (χ4v) is 2.13. The van der Waals surface area contributed by atoms with E-state index < -0.39 is 4.92 Å². The number of rotatable bonds is 5. The summed E-state index contributed by atoms with van der Waals surface area (Å²) >= 11 is 0.